The maximum absolute atomic E-state index is 13.1. The molecule has 29 heavy (non-hydrogen) atoms. The Kier molecular flexibility index (Phi) is 7.23. The van der Waals surface area contributed by atoms with Crippen LogP contribution in [0, 0.1) is 0 Å². The topological polar surface area (TPSA) is 60.9 Å². The van der Waals surface area contributed by atoms with Gasteiger partial charge in [0.15, 0.2) is 9.84 Å². The van der Waals surface area contributed by atoms with Gasteiger partial charge in [0.25, 0.3) is 0 Å². The molecule has 0 aromatic carbocycles. The van der Waals surface area contributed by atoms with Gasteiger partial charge >= 0.3 is 6.18 Å². The highest BCUT2D eigenvalue weighted by molar-refractivity contribution is 7.91. The van der Waals surface area contributed by atoms with Gasteiger partial charge in [-0.1, -0.05) is 6.07 Å². The van der Waals surface area contributed by atoms with Gasteiger partial charge in [0.2, 0.25) is 5.91 Å². The van der Waals surface area contributed by atoms with Gasteiger partial charge in [0, 0.05) is 24.0 Å². The van der Waals surface area contributed by atoms with Crippen molar-refractivity contribution in [2.45, 2.75) is 31.6 Å². The third-order valence-electron chi connectivity index (χ3n) is 5.32. The molecule has 1 aromatic rings. The molecule has 0 bridgehead atoms. The predicted molar refractivity (Wildman–Crippen MR) is 105 cm³/mol. The van der Waals surface area contributed by atoms with Crippen LogP contribution in [0.2, 0.25) is 0 Å². The van der Waals surface area contributed by atoms with Gasteiger partial charge in [0.1, 0.15) is 0 Å². The summed E-state index contributed by atoms with van der Waals surface area (Å²) in [4.78, 5) is 18.9. The van der Waals surface area contributed by atoms with Crippen LogP contribution in [0.1, 0.15) is 17.7 Å². The molecule has 2 aliphatic heterocycles. The van der Waals surface area contributed by atoms with Crippen LogP contribution < -0.4 is 0 Å². The molecule has 2 saturated heterocycles. The minimum absolute atomic E-state index is 0.0243. The largest absolute Gasteiger partial charge is 0.401 e. The third-order valence-corrected chi connectivity index (χ3v) is 7.93. The highest BCUT2D eigenvalue weighted by Gasteiger charge is 2.36. The van der Waals surface area contributed by atoms with Crippen molar-refractivity contribution >= 4 is 27.1 Å². The maximum atomic E-state index is 13.1. The Morgan fingerprint density at radius 3 is 2.55 bits per heavy atom. The highest BCUT2D eigenvalue weighted by Crippen LogP contribution is 2.23. The number of nitrogens with zero attached hydrogens (tertiary/aromatic N) is 3. The number of halogens is 3. The number of hydrogen-bond acceptors (Lipinski definition) is 6. The molecule has 2 aliphatic rings. The molecular formula is C18H26F3N3O3S2. The molecule has 6 nitrogen and oxygen atoms in total. The zero-order valence-corrected chi connectivity index (χ0v) is 17.7. The average molecular weight is 454 g/mol. The number of carbonyl (C=O) groups is 1. The third kappa shape index (κ3) is 6.94. The van der Waals surface area contributed by atoms with Crippen molar-refractivity contribution in [3.05, 3.63) is 22.4 Å². The Hall–Kier alpha value is -1.17. The normalized spacial score (nSPS) is 23.8. The van der Waals surface area contributed by atoms with Gasteiger partial charge in [0.05, 0.1) is 31.1 Å². The Balaban J connectivity index is 1.62. The lowest BCUT2D eigenvalue weighted by Crippen LogP contribution is -2.46. The zero-order chi connectivity index (χ0) is 21.1. The molecule has 3 rings (SSSR count). The van der Waals surface area contributed by atoms with Crippen LogP contribution in [-0.2, 0) is 21.2 Å². The minimum Gasteiger partial charge on any atom is -0.332 e. The number of rotatable bonds is 6. The Labute approximate surface area is 173 Å². The molecule has 11 heteroatoms. The van der Waals surface area contributed by atoms with Gasteiger partial charge < -0.3 is 4.90 Å². The summed E-state index contributed by atoms with van der Waals surface area (Å²) in [7, 11) is -3.13. The van der Waals surface area contributed by atoms with Gasteiger partial charge in [-0.15, -0.1) is 11.3 Å². The fourth-order valence-corrected chi connectivity index (χ4v) is 6.32. The van der Waals surface area contributed by atoms with E-state index in [0.29, 0.717) is 39.0 Å². The molecule has 0 spiro atoms. The van der Waals surface area contributed by atoms with Crippen molar-refractivity contribution in [2.75, 3.05) is 50.8 Å². The van der Waals surface area contributed by atoms with E-state index in [1.165, 1.54) is 16.2 Å². The number of amides is 1. The molecule has 164 valence electrons. The van der Waals surface area contributed by atoms with Crippen molar-refractivity contribution in [1.29, 1.82) is 0 Å². The second-order valence-corrected chi connectivity index (χ2v) is 10.9. The number of sulfone groups is 1. The van der Waals surface area contributed by atoms with E-state index >= 15 is 0 Å². The summed E-state index contributed by atoms with van der Waals surface area (Å²) < 4.78 is 61.7. The molecule has 1 atom stereocenters. The van der Waals surface area contributed by atoms with Gasteiger partial charge in [-0.25, -0.2) is 8.42 Å². The molecule has 0 saturated carbocycles. The molecule has 0 radical (unpaired) electrons. The number of thiophene rings is 1. The Morgan fingerprint density at radius 2 is 1.93 bits per heavy atom. The van der Waals surface area contributed by atoms with Crippen LogP contribution in [-0.4, -0.2) is 92.0 Å². The zero-order valence-electron chi connectivity index (χ0n) is 16.1. The maximum Gasteiger partial charge on any atom is 0.401 e. The first-order valence-corrected chi connectivity index (χ1v) is 12.4. The molecule has 1 aromatic heterocycles. The van der Waals surface area contributed by atoms with E-state index in [9.17, 15) is 26.4 Å². The van der Waals surface area contributed by atoms with Crippen LogP contribution >= 0.6 is 11.3 Å². The van der Waals surface area contributed by atoms with E-state index < -0.39 is 22.6 Å². The lowest BCUT2D eigenvalue weighted by atomic mass is 10.2. The predicted octanol–water partition coefficient (Wildman–Crippen LogP) is 1.83. The van der Waals surface area contributed by atoms with Gasteiger partial charge in [-0.3, -0.25) is 14.6 Å². The molecule has 0 aliphatic carbocycles. The molecular weight excluding hydrogens is 427 g/mol. The monoisotopic (exact) mass is 453 g/mol. The average Bonchev–Trinajstić information content (AvgIpc) is 3.19. The summed E-state index contributed by atoms with van der Waals surface area (Å²) in [6.45, 7) is 1.08. The first kappa shape index (κ1) is 22.5. The van der Waals surface area contributed by atoms with Gasteiger partial charge in [-0.05, 0) is 37.4 Å². The van der Waals surface area contributed by atoms with Crippen LogP contribution in [0.4, 0.5) is 13.2 Å². The van der Waals surface area contributed by atoms with Crippen molar-refractivity contribution < 1.29 is 26.4 Å². The van der Waals surface area contributed by atoms with Crippen molar-refractivity contribution in [1.82, 2.24) is 14.7 Å². The smallest absolute Gasteiger partial charge is 0.332 e. The summed E-state index contributed by atoms with van der Waals surface area (Å²) in [6.07, 6.45) is -3.23. The summed E-state index contributed by atoms with van der Waals surface area (Å²) in [5, 5.41) is 1.91. The fraction of sp³-hybridized carbons (Fsp3) is 0.722. The summed E-state index contributed by atoms with van der Waals surface area (Å²) in [6, 6.07) is 3.45. The number of hydrogen-bond donors (Lipinski definition) is 0. The Bertz CT molecular complexity index is 784. The summed E-state index contributed by atoms with van der Waals surface area (Å²) in [5.41, 5.74) is 0. The van der Waals surface area contributed by atoms with Crippen LogP contribution in [0.5, 0.6) is 0 Å². The van der Waals surface area contributed by atoms with Crippen molar-refractivity contribution in [3.63, 3.8) is 0 Å². The number of carbonyl (C=O) groups excluding carboxylic acids is 1. The minimum atomic E-state index is -4.23. The molecule has 3 heterocycles. The molecule has 1 unspecified atom stereocenters. The Morgan fingerprint density at radius 1 is 1.21 bits per heavy atom. The fourth-order valence-electron chi connectivity index (χ4n) is 3.89. The quantitative estimate of drug-likeness (QED) is 0.658. The van der Waals surface area contributed by atoms with E-state index in [1.807, 2.05) is 22.4 Å². The molecule has 0 N–H and O–H groups in total. The number of alkyl halides is 3. The summed E-state index contributed by atoms with van der Waals surface area (Å²) >= 11 is 1.51. The summed E-state index contributed by atoms with van der Waals surface area (Å²) in [5.74, 6) is -0.101. The lowest BCUT2D eigenvalue weighted by Gasteiger charge is -2.30. The second kappa shape index (κ2) is 9.32. The van der Waals surface area contributed by atoms with E-state index in [2.05, 4.69) is 0 Å². The molecule has 2 fully saturated rings. The van der Waals surface area contributed by atoms with Crippen LogP contribution in [0.25, 0.3) is 0 Å². The van der Waals surface area contributed by atoms with Crippen LogP contribution in [0.15, 0.2) is 17.5 Å². The highest BCUT2D eigenvalue weighted by atomic mass is 32.2. The first-order chi connectivity index (χ1) is 13.6. The van der Waals surface area contributed by atoms with Gasteiger partial charge in [-0.2, -0.15) is 13.2 Å². The van der Waals surface area contributed by atoms with Crippen LogP contribution in [0.3, 0.4) is 0 Å². The first-order valence-electron chi connectivity index (χ1n) is 9.65. The van der Waals surface area contributed by atoms with E-state index in [1.54, 1.807) is 4.90 Å². The molecule has 1 amide bonds. The standard InChI is InChI=1S/C18H26F3N3O3S2/c19-18(20,21)14-23-6-2-5-22(7-8-23)12-17(25)24(11-16-3-1-9-28-16)15-4-10-29(26,27)13-15/h1,3,9,15H,2,4-8,10-14H2. The van der Waals surface area contributed by atoms with E-state index in [0.717, 1.165) is 4.88 Å². The van der Waals surface area contributed by atoms with Crippen molar-refractivity contribution in [2.24, 2.45) is 0 Å². The van der Waals surface area contributed by atoms with E-state index in [-0.39, 0.29) is 36.5 Å². The van der Waals surface area contributed by atoms with Crippen molar-refractivity contribution in [3.8, 4) is 0 Å². The second-order valence-electron chi connectivity index (χ2n) is 7.68. The lowest BCUT2D eigenvalue weighted by molar-refractivity contribution is -0.145. The SMILES string of the molecule is O=C(CN1CCCN(CC(F)(F)F)CC1)N(Cc1cccs1)C1CCS(=O)(=O)C1. The van der Waals surface area contributed by atoms with E-state index in [4.69, 9.17) is 0 Å².